The Hall–Kier alpha value is -1.24. The summed E-state index contributed by atoms with van der Waals surface area (Å²) < 4.78 is 0.944. The minimum absolute atomic E-state index is 0.726. The molecule has 2 aromatic carbocycles. The summed E-state index contributed by atoms with van der Waals surface area (Å²) in [4.78, 5) is 1.03. The first-order valence-electron chi connectivity index (χ1n) is 5.98. The maximum absolute atomic E-state index is 9.14. The molecule has 0 N–H and O–H groups in total. The smallest absolute Gasteiger partial charge is 0.100 e. The van der Waals surface area contributed by atoms with E-state index in [0.717, 1.165) is 20.7 Å². The Kier molecular flexibility index (Phi) is 4.68. The molecule has 0 radical (unpaired) electrons. The zero-order valence-corrected chi connectivity index (χ0v) is 13.3. The number of aryl methyl sites for hydroxylation is 2. The van der Waals surface area contributed by atoms with E-state index >= 15 is 0 Å². The summed E-state index contributed by atoms with van der Waals surface area (Å²) in [5.74, 6) is 0.888. The van der Waals surface area contributed by atoms with E-state index in [2.05, 4.69) is 54.0 Å². The normalized spacial score (nSPS) is 10.2. The number of hydrogen-bond acceptors (Lipinski definition) is 2. The summed E-state index contributed by atoms with van der Waals surface area (Å²) in [5, 5.41) is 9.14. The van der Waals surface area contributed by atoms with Gasteiger partial charge in [-0.25, -0.2) is 0 Å². The monoisotopic (exact) mass is 331 g/mol. The fraction of sp³-hybridized carbons (Fsp3) is 0.188. The van der Waals surface area contributed by atoms with Gasteiger partial charge in [0.25, 0.3) is 0 Å². The van der Waals surface area contributed by atoms with Crippen molar-refractivity contribution in [2.75, 3.05) is 0 Å². The van der Waals surface area contributed by atoms with E-state index < -0.39 is 0 Å². The molecule has 0 bridgehead atoms. The third-order valence-electron chi connectivity index (χ3n) is 2.74. The van der Waals surface area contributed by atoms with E-state index in [1.807, 2.05) is 18.2 Å². The molecule has 3 heteroatoms. The molecule has 0 unspecified atom stereocenters. The largest absolute Gasteiger partial charge is 0.192 e. The molecule has 0 saturated heterocycles. The van der Waals surface area contributed by atoms with Crippen LogP contribution in [0.2, 0.25) is 0 Å². The lowest BCUT2D eigenvalue weighted by Gasteiger charge is -2.07. The molecule has 0 amide bonds. The van der Waals surface area contributed by atoms with Gasteiger partial charge in [-0.05, 0) is 37.6 Å². The summed E-state index contributed by atoms with van der Waals surface area (Å²) in [6, 6.07) is 14.7. The maximum atomic E-state index is 9.14. The SMILES string of the molecule is Cc1cc(C)cc(CSc2ccc(Br)cc2C#N)c1. The molecule has 0 heterocycles. The second-order valence-electron chi connectivity index (χ2n) is 4.54. The van der Waals surface area contributed by atoms with Crippen molar-refractivity contribution in [1.82, 2.24) is 0 Å². The van der Waals surface area contributed by atoms with Crippen LogP contribution in [-0.2, 0) is 5.75 Å². The molecule has 2 rings (SSSR count). The Bertz CT molecular complexity index is 623. The van der Waals surface area contributed by atoms with Crippen LogP contribution in [0.25, 0.3) is 0 Å². The van der Waals surface area contributed by atoms with Crippen molar-refractivity contribution < 1.29 is 0 Å². The van der Waals surface area contributed by atoms with Crippen LogP contribution in [0.15, 0.2) is 45.8 Å². The van der Waals surface area contributed by atoms with Gasteiger partial charge in [0.1, 0.15) is 6.07 Å². The highest BCUT2D eigenvalue weighted by molar-refractivity contribution is 9.10. The summed E-state index contributed by atoms with van der Waals surface area (Å²) in [6.07, 6.45) is 0. The van der Waals surface area contributed by atoms with E-state index in [-0.39, 0.29) is 0 Å². The fourth-order valence-electron chi connectivity index (χ4n) is 2.03. The van der Waals surface area contributed by atoms with Gasteiger partial charge in [0, 0.05) is 15.1 Å². The molecule has 19 heavy (non-hydrogen) atoms. The number of hydrogen-bond donors (Lipinski definition) is 0. The van der Waals surface area contributed by atoms with Crippen LogP contribution in [0.5, 0.6) is 0 Å². The first kappa shape index (κ1) is 14.2. The molecule has 0 atom stereocenters. The zero-order valence-electron chi connectivity index (χ0n) is 10.9. The van der Waals surface area contributed by atoms with Gasteiger partial charge >= 0.3 is 0 Å². The van der Waals surface area contributed by atoms with Crippen LogP contribution in [0.3, 0.4) is 0 Å². The molecule has 2 aromatic rings. The lowest BCUT2D eigenvalue weighted by molar-refractivity contribution is 1.29. The zero-order chi connectivity index (χ0) is 13.8. The average molecular weight is 332 g/mol. The van der Waals surface area contributed by atoms with Crippen molar-refractivity contribution in [3.05, 3.63) is 63.1 Å². The predicted molar refractivity (Wildman–Crippen MR) is 84.3 cm³/mol. The van der Waals surface area contributed by atoms with Gasteiger partial charge < -0.3 is 0 Å². The standard InChI is InChI=1S/C16H14BrNS/c1-11-5-12(2)7-13(6-11)10-19-16-4-3-15(17)8-14(16)9-18/h3-8H,10H2,1-2H3. The first-order valence-corrected chi connectivity index (χ1v) is 7.76. The highest BCUT2D eigenvalue weighted by Crippen LogP contribution is 2.28. The Balaban J connectivity index is 2.17. The molecule has 0 saturated carbocycles. The summed E-state index contributed by atoms with van der Waals surface area (Å²) in [7, 11) is 0. The molecule has 1 nitrogen and oxygen atoms in total. The topological polar surface area (TPSA) is 23.8 Å². The van der Waals surface area contributed by atoms with Crippen molar-refractivity contribution in [1.29, 1.82) is 5.26 Å². The molecule has 96 valence electrons. The average Bonchev–Trinajstić information content (AvgIpc) is 2.36. The van der Waals surface area contributed by atoms with Crippen LogP contribution in [0.1, 0.15) is 22.3 Å². The van der Waals surface area contributed by atoms with Crippen LogP contribution >= 0.6 is 27.7 Å². The molecule has 0 spiro atoms. The van der Waals surface area contributed by atoms with Crippen molar-refractivity contribution in [3.63, 3.8) is 0 Å². The van der Waals surface area contributed by atoms with Crippen molar-refractivity contribution in [2.45, 2.75) is 24.5 Å². The number of rotatable bonds is 3. The lowest BCUT2D eigenvalue weighted by atomic mass is 10.1. The fourth-order valence-corrected chi connectivity index (χ4v) is 3.30. The van der Waals surface area contributed by atoms with Crippen molar-refractivity contribution >= 4 is 27.7 Å². The van der Waals surface area contributed by atoms with Crippen LogP contribution in [-0.4, -0.2) is 0 Å². The first-order chi connectivity index (χ1) is 9.08. The van der Waals surface area contributed by atoms with E-state index in [9.17, 15) is 0 Å². The summed E-state index contributed by atoms with van der Waals surface area (Å²) in [6.45, 7) is 4.23. The minimum atomic E-state index is 0.726. The molecule has 0 fully saturated rings. The van der Waals surface area contributed by atoms with E-state index in [0.29, 0.717) is 0 Å². The van der Waals surface area contributed by atoms with Crippen LogP contribution < -0.4 is 0 Å². The van der Waals surface area contributed by atoms with Gasteiger partial charge in [0.15, 0.2) is 0 Å². The predicted octanol–water partition coefficient (Wildman–Crippen LogP) is 5.23. The van der Waals surface area contributed by atoms with E-state index in [1.54, 1.807) is 11.8 Å². The molecule has 0 aliphatic carbocycles. The highest BCUT2D eigenvalue weighted by atomic mass is 79.9. The Morgan fingerprint density at radius 2 is 1.79 bits per heavy atom. The second kappa shape index (κ2) is 6.27. The third-order valence-corrected chi connectivity index (χ3v) is 4.38. The Morgan fingerprint density at radius 3 is 2.42 bits per heavy atom. The van der Waals surface area contributed by atoms with Gasteiger partial charge in [-0.1, -0.05) is 45.3 Å². The maximum Gasteiger partial charge on any atom is 0.100 e. The van der Waals surface area contributed by atoms with Crippen LogP contribution in [0.4, 0.5) is 0 Å². The molecule has 0 aromatic heterocycles. The molecular formula is C16H14BrNS. The number of nitrogens with zero attached hydrogens (tertiary/aromatic N) is 1. The summed E-state index contributed by atoms with van der Waals surface area (Å²) >= 11 is 5.10. The number of halogens is 1. The Morgan fingerprint density at radius 1 is 1.11 bits per heavy atom. The number of nitriles is 1. The lowest BCUT2D eigenvalue weighted by Crippen LogP contribution is -1.87. The summed E-state index contributed by atoms with van der Waals surface area (Å²) in [5.41, 5.74) is 4.59. The van der Waals surface area contributed by atoms with Gasteiger partial charge in [-0.15, -0.1) is 11.8 Å². The van der Waals surface area contributed by atoms with E-state index in [4.69, 9.17) is 5.26 Å². The van der Waals surface area contributed by atoms with Gasteiger partial charge in [-0.2, -0.15) is 5.26 Å². The second-order valence-corrected chi connectivity index (χ2v) is 6.47. The van der Waals surface area contributed by atoms with Crippen LogP contribution in [0, 0.1) is 25.2 Å². The minimum Gasteiger partial charge on any atom is -0.192 e. The van der Waals surface area contributed by atoms with Gasteiger partial charge in [-0.3, -0.25) is 0 Å². The number of benzene rings is 2. The highest BCUT2D eigenvalue weighted by Gasteiger charge is 2.04. The van der Waals surface area contributed by atoms with Crippen molar-refractivity contribution in [3.8, 4) is 6.07 Å². The van der Waals surface area contributed by atoms with Gasteiger partial charge in [0.2, 0.25) is 0 Å². The van der Waals surface area contributed by atoms with Crippen molar-refractivity contribution in [2.24, 2.45) is 0 Å². The number of thioether (sulfide) groups is 1. The van der Waals surface area contributed by atoms with E-state index in [1.165, 1.54) is 16.7 Å². The Labute approximate surface area is 126 Å². The molecule has 0 aliphatic rings. The quantitative estimate of drug-likeness (QED) is 0.719. The van der Waals surface area contributed by atoms with Gasteiger partial charge in [0.05, 0.1) is 5.56 Å². The third kappa shape index (κ3) is 3.86. The molecule has 0 aliphatic heterocycles. The molecular weight excluding hydrogens is 318 g/mol.